The van der Waals surface area contributed by atoms with E-state index in [2.05, 4.69) is 5.32 Å². The molecule has 0 aliphatic carbocycles. The molecule has 0 radical (unpaired) electrons. The summed E-state index contributed by atoms with van der Waals surface area (Å²) in [6, 6.07) is 1.23. The van der Waals surface area contributed by atoms with Crippen molar-refractivity contribution >= 4 is 12.2 Å². The lowest BCUT2D eigenvalue weighted by atomic mass is 10.1. The van der Waals surface area contributed by atoms with E-state index in [4.69, 9.17) is 4.74 Å². The van der Waals surface area contributed by atoms with Crippen molar-refractivity contribution in [3.05, 3.63) is 41.2 Å². The first kappa shape index (κ1) is 17.1. The summed E-state index contributed by atoms with van der Waals surface area (Å²) in [7, 11) is 0. The molecule has 0 heterocycles. The maximum absolute atomic E-state index is 13.3. The third-order valence-electron chi connectivity index (χ3n) is 2.31. The summed E-state index contributed by atoms with van der Waals surface area (Å²) in [6.45, 7) is 5.49. The topological polar surface area (TPSA) is 38.3 Å². The van der Waals surface area contributed by atoms with E-state index in [1.165, 1.54) is 12.2 Å². The molecule has 0 aliphatic rings. The molecule has 116 valence electrons. The van der Waals surface area contributed by atoms with Gasteiger partial charge in [-0.25, -0.2) is 18.0 Å². The van der Waals surface area contributed by atoms with Gasteiger partial charge in [0.15, 0.2) is 0 Å². The normalized spacial score (nSPS) is 11.7. The third kappa shape index (κ3) is 6.33. The molecule has 0 bridgehead atoms. The van der Waals surface area contributed by atoms with Crippen LogP contribution in [0.1, 0.15) is 32.8 Å². The first-order chi connectivity index (χ1) is 9.69. The zero-order valence-corrected chi connectivity index (χ0v) is 12.2. The van der Waals surface area contributed by atoms with Crippen LogP contribution in [-0.4, -0.2) is 18.2 Å². The fraction of sp³-hybridized carbons (Fsp3) is 0.400. The number of halogens is 3. The Kier molecular flexibility index (Phi) is 5.81. The molecule has 0 unspecified atom stereocenters. The molecule has 0 aromatic heterocycles. The summed E-state index contributed by atoms with van der Waals surface area (Å²) < 4.78 is 44.4. The molecule has 0 atom stereocenters. The molecule has 0 aliphatic heterocycles. The Bertz CT molecular complexity index is 513. The molecule has 1 aromatic rings. The first-order valence-electron chi connectivity index (χ1n) is 6.47. The minimum Gasteiger partial charge on any atom is -0.444 e. The highest BCUT2D eigenvalue weighted by Gasteiger charge is 2.15. The largest absolute Gasteiger partial charge is 0.444 e. The van der Waals surface area contributed by atoms with Crippen molar-refractivity contribution in [1.82, 2.24) is 5.32 Å². The van der Waals surface area contributed by atoms with Gasteiger partial charge < -0.3 is 10.1 Å². The van der Waals surface area contributed by atoms with E-state index in [0.29, 0.717) is 18.6 Å². The van der Waals surface area contributed by atoms with E-state index in [0.717, 1.165) is 0 Å². The highest BCUT2D eigenvalue weighted by Crippen LogP contribution is 2.16. The number of carbonyl (C=O) groups is 1. The number of amides is 1. The van der Waals surface area contributed by atoms with Crippen LogP contribution in [0.25, 0.3) is 6.08 Å². The smallest absolute Gasteiger partial charge is 0.407 e. The highest BCUT2D eigenvalue weighted by atomic mass is 19.1. The molecule has 0 fully saturated rings. The van der Waals surface area contributed by atoms with E-state index >= 15 is 0 Å². The lowest BCUT2D eigenvalue weighted by Crippen LogP contribution is -2.32. The van der Waals surface area contributed by atoms with Crippen molar-refractivity contribution in [2.45, 2.75) is 32.8 Å². The van der Waals surface area contributed by atoms with E-state index in [-0.39, 0.29) is 12.1 Å². The van der Waals surface area contributed by atoms with Crippen LogP contribution in [0.2, 0.25) is 0 Å². The summed E-state index contributed by atoms with van der Waals surface area (Å²) in [6.07, 6.45) is 2.49. The van der Waals surface area contributed by atoms with Gasteiger partial charge in [0.05, 0.1) is 0 Å². The predicted octanol–water partition coefficient (Wildman–Crippen LogP) is 4.03. The van der Waals surface area contributed by atoms with Crippen LogP contribution in [-0.2, 0) is 4.74 Å². The molecule has 1 rings (SSSR count). The molecule has 21 heavy (non-hydrogen) atoms. The molecule has 0 saturated heterocycles. The van der Waals surface area contributed by atoms with Crippen LogP contribution in [0.5, 0.6) is 0 Å². The van der Waals surface area contributed by atoms with Gasteiger partial charge >= 0.3 is 6.09 Å². The Labute approximate surface area is 121 Å². The molecule has 1 aromatic carbocycles. The number of nitrogens with one attached hydrogen (secondary N) is 1. The van der Waals surface area contributed by atoms with Gasteiger partial charge in [0, 0.05) is 24.2 Å². The average Bonchev–Trinajstić information content (AvgIpc) is 2.29. The van der Waals surface area contributed by atoms with Crippen molar-refractivity contribution < 1.29 is 22.7 Å². The zero-order valence-electron chi connectivity index (χ0n) is 12.2. The number of hydrogen-bond acceptors (Lipinski definition) is 2. The monoisotopic (exact) mass is 301 g/mol. The van der Waals surface area contributed by atoms with Gasteiger partial charge in [0.25, 0.3) is 0 Å². The van der Waals surface area contributed by atoms with Gasteiger partial charge in [-0.15, -0.1) is 0 Å². The number of rotatable bonds is 4. The second-order valence-corrected chi connectivity index (χ2v) is 5.40. The summed E-state index contributed by atoms with van der Waals surface area (Å²) in [5, 5.41) is 2.50. The van der Waals surface area contributed by atoms with Gasteiger partial charge in [-0.2, -0.15) is 0 Å². The minimum absolute atomic E-state index is 0.260. The number of carbonyl (C=O) groups excluding carboxylic acids is 1. The van der Waals surface area contributed by atoms with E-state index in [1.54, 1.807) is 20.8 Å². The fourth-order valence-corrected chi connectivity index (χ4v) is 1.49. The number of alkyl carbamates (subject to hydrolysis) is 1. The Morgan fingerprint density at radius 2 is 1.81 bits per heavy atom. The maximum atomic E-state index is 13.3. The third-order valence-corrected chi connectivity index (χ3v) is 2.31. The van der Waals surface area contributed by atoms with Crippen molar-refractivity contribution in [2.24, 2.45) is 0 Å². The molecule has 6 heteroatoms. The van der Waals surface area contributed by atoms with Crippen LogP contribution >= 0.6 is 0 Å². The lowest BCUT2D eigenvalue weighted by Gasteiger charge is -2.19. The average molecular weight is 301 g/mol. The van der Waals surface area contributed by atoms with Gasteiger partial charge in [-0.05, 0) is 27.2 Å². The number of benzene rings is 1. The lowest BCUT2D eigenvalue weighted by molar-refractivity contribution is 0.0529. The summed E-state index contributed by atoms with van der Waals surface area (Å²) in [5.74, 6) is -2.90. The van der Waals surface area contributed by atoms with Crippen molar-refractivity contribution in [2.75, 3.05) is 6.54 Å². The van der Waals surface area contributed by atoms with Crippen molar-refractivity contribution in [3.63, 3.8) is 0 Å². The SMILES string of the molecule is CC(C)(C)OC(=O)NCCC=Cc1c(F)cc(F)cc1F. The summed E-state index contributed by atoms with van der Waals surface area (Å²) >= 11 is 0. The predicted molar refractivity (Wildman–Crippen MR) is 74.2 cm³/mol. The van der Waals surface area contributed by atoms with E-state index < -0.39 is 29.1 Å². The second-order valence-electron chi connectivity index (χ2n) is 5.40. The van der Waals surface area contributed by atoms with E-state index in [1.807, 2.05) is 0 Å². The molecule has 1 amide bonds. The molecule has 0 spiro atoms. The Morgan fingerprint density at radius 1 is 1.24 bits per heavy atom. The van der Waals surface area contributed by atoms with Crippen LogP contribution < -0.4 is 5.32 Å². The molecular formula is C15H18F3NO2. The number of ether oxygens (including phenoxy) is 1. The summed E-state index contributed by atoms with van der Waals surface area (Å²) in [4.78, 5) is 11.3. The quantitative estimate of drug-likeness (QED) is 0.853. The first-order valence-corrected chi connectivity index (χ1v) is 6.47. The molecule has 1 N–H and O–H groups in total. The van der Waals surface area contributed by atoms with Crippen LogP contribution in [0.4, 0.5) is 18.0 Å². The van der Waals surface area contributed by atoms with Gasteiger partial charge in [0.2, 0.25) is 0 Å². The second kappa shape index (κ2) is 7.15. The van der Waals surface area contributed by atoms with Gasteiger partial charge in [-0.1, -0.05) is 12.2 Å². The standard InChI is InChI=1S/C15H18F3NO2/c1-15(2,3)21-14(20)19-7-5-4-6-11-12(17)8-10(16)9-13(11)18/h4,6,8-9H,5,7H2,1-3H3,(H,19,20). The van der Waals surface area contributed by atoms with Crippen LogP contribution in [0, 0.1) is 17.5 Å². The minimum atomic E-state index is -0.969. The Morgan fingerprint density at radius 3 is 2.33 bits per heavy atom. The van der Waals surface area contributed by atoms with Crippen molar-refractivity contribution in [1.29, 1.82) is 0 Å². The molecule has 3 nitrogen and oxygen atoms in total. The maximum Gasteiger partial charge on any atom is 0.407 e. The van der Waals surface area contributed by atoms with Gasteiger partial charge in [0.1, 0.15) is 23.1 Å². The Balaban J connectivity index is 2.45. The molecule has 0 saturated carbocycles. The summed E-state index contributed by atoms with van der Waals surface area (Å²) in [5.41, 5.74) is -0.894. The Hall–Kier alpha value is -1.98. The molecular weight excluding hydrogens is 283 g/mol. The van der Waals surface area contributed by atoms with Crippen LogP contribution in [0.3, 0.4) is 0 Å². The highest BCUT2D eigenvalue weighted by molar-refractivity contribution is 5.67. The fourth-order valence-electron chi connectivity index (χ4n) is 1.49. The van der Waals surface area contributed by atoms with Gasteiger partial charge in [-0.3, -0.25) is 0 Å². The van der Waals surface area contributed by atoms with Crippen molar-refractivity contribution in [3.8, 4) is 0 Å². The number of hydrogen-bond donors (Lipinski definition) is 1. The zero-order chi connectivity index (χ0) is 16.0. The van der Waals surface area contributed by atoms with Crippen LogP contribution in [0.15, 0.2) is 18.2 Å². The van der Waals surface area contributed by atoms with E-state index in [9.17, 15) is 18.0 Å².